The fourth-order valence-corrected chi connectivity index (χ4v) is 2.23. The van der Waals surface area contributed by atoms with Crippen LogP contribution >= 0.6 is 23.2 Å². The summed E-state index contributed by atoms with van der Waals surface area (Å²) in [5.74, 6) is 0. The lowest BCUT2D eigenvalue weighted by Gasteiger charge is -2.07. The standard InChI is InChI=1S/C14H9Cl2N/c1-9-2-3-10(8-17)14(4-9)11-5-12(15)7-13(16)6-11/h2-7H,1H3. The molecule has 0 aromatic heterocycles. The molecule has 0 fully saturated rings. The molecule has 0 aliphatic carbocycles. The molecule has 0 amide bonds. The van der Waals surface area contributed by atoms with Crippen LogP contribution in [0.5, 0.6) is 0 Å². The van der Waals surface area contributed by atoms with Gasteiger partial charge in [-0.05, 0) is 42.3 Å². The Morgan fingerprint density at radius 3 is 2.24 bits per heavy atom. The van der Waals surface area contributed by atoms with Crippen LogP contribution in [0.25, 0.3) is 11.1 Å². The second-order valence-electron chi connectivity index (χ2n) is 3.82. The van der Waals surface area contributed by atoms with Gasteiger partial charge in [-0.25, -0.2) is 0 Å². The first-order valence-corrected chi connectivity index (χ1v) is 5.83. The minimum Gasteiger partial charge on any atom is -0.192 e. The maximum atomic E-state index is 9.09. The summed E-state index contributed by atoms with van der Waals surface area (Å²) in [6.45, 7) is 1.98. The molecule has 2 rings (SSSR count). The third-order valence-electron chi connectivity index (χ3n) is 2.47. The van der Waals surface area contributed by atoms with Crippen LogP contribution in [0.1, 0.15) is 11.1 Å². The summed E-state index contributed by atoms with van der Waals surface area (Å²) < 4.78 is 0. The second kappa shape index (κ2) is 4.79. The van der Waals surface area contributed by atoms with Gasteiger partial charge in [0.05, 0.1) is 11.6 Å². The highest BCUT2D eigenvalue weighted by atomic mass is 35.5. The van der Waals surface area contributed by atoms with E-state index >= 15 is 0 Å². The van der Waals surface area contributed by atoms with E-state index in [2.05, 4.69) is 6.07 Å². The van der Waals surface area contributed by atoms with E-state index in [1.165, 1.54) is 0 Å². The fourth-order valence-electron chi connectivity index (χ4n) is 1.70. The van der Waals surface area contributed by atoms with Crippen LogP contribution in [0.2, 0.25) is 10.0 Å². The molecule has 84 valence electrons. The van der Waals surface area contributed by atoms with Gasteiger partial charge in [0.1, 0.15) is 0 Å². The number of hydrogen-bond donors (Lipinski definition) is 0. The quantitative estimate of drug-likeness (QED) is 0.721. The van der Waals surface area contributed by atoms with Crippen molar-refractivity contribution in [3.8, 4) is 17.2 Å². The first kappa shape index (κ1) is 12.0. The summed E-state index contributed by atoms with van der Waals surface area (Å²) in [5, 5.41) is 10.2. The van der Waals surface area contributed by atoms with Crippen molar-refractivity contribution >= 4 is 23.2 Å². The molecule has 17 heavy (non-hydrogen) atoms. The predicted molar refractivity (Wildman–Crippen MR) is 71.4 cm³/mol. The van der Waals surface area contributed by atoms with E-state index in [0.717, 1.165) is 16.7 Å². The van der Waals surface area contributed by atoms with Crippen molar-refractivity contribution in [3.63, 3.8) is 0 Å². The minimum atomic E-state index is 0.567. The number of nitrogens with zero attached hydrogens (tertiary/aromatic N) is 1. The number of benzene rings is 2. The van der Waals surface area contributed by atoms with Crippen LogP contribution in [0.15, 0.2) is 36.4 Å². The smallest absolute Gasteiger partial charge is 0.0998 e. The molecule has 0 spiro atoms. The number of rotatable bonds is 1. The van der Waals surface area contributed by atoms with Crippen molar-refractivity contribution < 1.29 is 0 Å². The number of nitriles is 1. The van der Waals surface area contributed by atoms with Crippen molar-refractivity contribution in [2.75, 3.05) is 0 Å². The van der Waals surface area contributed by atoms with Crippen molar-refractivity contribution in [2.24, 2.45) is 0 Å². The highest BCUT2D eigenvalue weighted by Crippen LogP contribution is 2.30. The zero-order valence-corrected chi connectivity index (χ0v) is 10.7. The Balaban J connectivity index is 2.67. The van der Waals surface area contributed by atoms with E-state index in [1.807, 2.05) is 31.2 Å². The molecule has 0 aliphatic heterocycles. The molecule has 0 heterocycles. The van der Waals surface area contributed by atoms with Gasteiger partial charge in [0.2, 0.25) is 0 Å². The Labute approximate surface area is 110 Å². The molecule has 0 atom stereocenters. The lowest BCUT2D eigenvalue weighted by Crippen LogP contribution is -1.86. The Morgan fingerprint density at radius 1 is 1.00 bits per heavy atom. The van der Waals surface area contributed by atoms with Crippen LogP contribution in [-0.2, 0) is 0 Å². The molecule has 0 aliphatic rings. The van der Waals surface area contributed by atoms with Gasteiger partial charge in [-0.3, -0.25) is 0 Å². The summed E-state index contributed by atoms with van der Waals surface area (Å²) in [5.41, 5.74) is 3.43. The molecular formula is C14H9Cl2N. The minimum absolute atomic E-state index is 0.567. The summed E-state index contributed by atoms with van der Waals surface area (Å²) in [6.07, 6.45) is 0. The number of halogens is 2. The second-order valence-corrected chi connectivity index (χ2v) is 4.69. The van der Waals surface area contributed by atoms with E-state index in [9.17, 15) is 0 Å². The third kappa shape index (κ3) is 2.61. The molecule has 2 aromatic rings. The summed E-state index contributed by atoms with van der Waals surface area (Å²) in [7, 11) is 0. The molecule has 0 N–H and O–H groups in total. The van der Waals surface area contributed by atoms with Gasteiger partial charge in [0.15, 0.2) is 0 Å². The lowest BCUT2D eigenvalue weighted by molar-refractivity contribution is 1.42. The summed E-state index contributed by atoms with van der Waals surface area (Å²) >= 11 is 11.9. The molecule has 0 saturated carbocycles. The van der Waals surface area contributed by atoms with E-state index < -0.39 is 0 Å². The van der Waals surface area contributed by atoms with E-state index in [0.29, 0.717) is 15.6 Å². The topological polar surface area (TPSA) is 23.8 Å². The molecule has 2 aromatic carbocycles. The van der Waals surface area contributed by atoms with Crippen molar-refractivity contribution in [2.45, 2.75) is 6.92 Å². The van der Waals surface area contributed by atoms with Gasteiger partial charge >= 0.3 is 0 Å². The van der Waals surface area contributed by atoms with Gasteiger partial charge in [0, 0.05) is 10.0 Å². The molecule has 0 unspecified atom stereocenters. The molecular weight excluding hydrogens is 253 g/mol. The molecule has 0 radical (unpaired) electrons. The summed E-state index contributed by atoms with van der Waals surface area (Å²) in [6, 6.07) is 13.1. The maximum Gasteiger partial charge on any atom is 0.0998 e. The first-order valence-electron chi connectivity index (χ1n) is 5.07. The number of aryl methyl sites for hydroxylation is 1. The van der Waals surface area contributed by atoms with Gasteiger partial charge in [-0.15, -0.1) is 0 Å². The maximum absolute atomic E-state index is 9.09. The zero-order valence-electron chi connectivity index (χ0n) is 9.17. The normalized spacial score (nSPS) is 10.0. The van der Waals surface area contributed by atoms with Crippen molar-refractivity contribution in [1.29, 1.82) is 5.26 Å². The van der Waals surface area contributed by atoms with Crippen LogP contribution in [0.3, 0.4) is 0 Å². The van der Waals surface area contributed by atoms with Gasteiger partial charge in [-0.1, -0.05) is 40.9 Å². The van der Waals surface area contributed by atoms with Crippen LogP contribution in [0.4, 0.5) is 0 Å². The zero-order chi connectivity index (χ0) is 12.4. The Bertz CT molecular complexity index is 592. The average Bonchev–Trinajstić information content (AvgIpc) is 2.27. The highest BCUT2D eigenvalue weighted by Gasteiger charge is 2.07. The average molecular weight is 262 g/mol. The van der Waals surface area contributed by atoms with Gasteiger partial charge < -0.3 is 0 Å². The van der Waals surface area contributed by atoms with Crippen LogP contribution in [0, 0.1) is 18.3 Å². The van der Waals surface area contributed by atoms with E-state index in [-0.39, 0.29) is 0 Å². The molecule has 0 bridgehead atoms. The monoisotopic (exact) mass is 261 g/mol. The van der Waals surface area contributed by atoms with E-state index in [4.69, 9.17) is 28.5 Å². The predicted octanol–water partition coefficient (Wildman–Crippen LogP) is 4.84. The van der Waals surface area contributed by atoms with Gasteiger partial charge in [0.25, 0.3) is 0 Å². The van der Waals surface area contributed by atoms with Crippen molar-refractivity contribution in [1.82, 2.24) is 0 Å². The molecule has 0 saturated heterocycles. The third-order valence-corrected chi connectivity index (χ3v) is 2.91. The molecule has 3 heteroatoms. The Morgan fingerprint density at radius 2 is 1.65 bits per heavy atom. The lowest BCUT2D eigenvalue weighted by atomic mass is 9.98. The largest absolute Gasteiger partial charge is 0.192 e. The Hall–Kier alpha value is -1.49. The SMILES string of the molecule is Cc1ccc(C#N)c(-c2cc(Cl)cc(Cl)c2)c1. The van der Waals surface area contributed by atoms with Crippen LogP contribution < -0.4 is 0 Å². The fraction of sp³-hybridized carbons (Fsp3) is 0.0714. The highest BCUT2D eigenvalue weighted by molar-refractivity contribution is 6.35. The van der Waals surface area contributed by atoms with Gasteiger partial charge in [-0.2, -0.15) is 5.26 Å². The number of hydrogen-bond acceptors (Lipinski definition) is 1. The van der Waals surface area contributed by atoms with Crippen molar-refractivity contribution in [3.05, 3.63) is 57.6 Å². The van der Waals surface area contributed by atoms with E-state index in [1.54, 1.807) is 12.1 Å². The summed E-state index contributed by atoms with van der Waals surface area (Å²) in [4.78, 5) is 0. The Kier molecular flexibility index (Phi) is 3.38. The van der Waals surface area contributed by atoms with Crippen LogP contribution in [-0.4, -0.2) is 0 Å². The first-order chi connectivity index (χ1) is 8.10. The molecule has 1 nitrogen and oxygen atoms in total.